The Balaban J connectivity index is 1.54. The smallest absolute Gasteiger partial charge is 0.246 e. The molecule has 14 heteroatoms. The van der Waals surface area contributed by atoms with Crippen molar-refractivity contribution in [1.29, 1.82) is 0 Å². The Morgan fingerprint density at radius 2 is 1.71 bits per heavy atom. The molecule has 0 spiro atoms. The van der Waals surface area contributed by atoms with Crippen LogP contribution in [-0.2, 0) is 32.0 Å². The van der Waals surface area contributed by atoms with Gasteiger partial charge in [0.15, 0.2) is 0 Å². The van der Waals surface area contributed by atoms with Crippen LogP contribution < -0.4 is 22.1 Å². The fraction of sp³-hybridized carbons (Fsp3) is 0.579. The lowest BCUT2D eigenvalue weighted by Crippen LogP contribution is -2.62. The monoisotopic (exact) mass is 717 g/mol. The Morgan fingerprint density at radius 1 is 0.942 bits per heavy atom. The summed E-state index contributed by atoms with van der Waals surface area (Å²) < 4.78 is 0. The number of rotatable bonds is 20. The SMILES string of the molecule is NCCCC[C@H](NC(=O)C1CCC1)C(=O)N[C@@H](Cc1ccccc1)C(=O)N([C@@H](Cc1cnc[nH]1)C(N)=O)[C@@H](CC1CCCCC1)[C@@H](O)c1ncc[nH]1. The number of aliphatic hydroxyl groups excluding tert-OH is 1. The molecule has 5 atom stereocenters. The number of H-pyrrole nitrogens is 2. The van der Waals surface area contributed by atoms with Crippen molar-refractivity contribution in [3.8, 4) is 0 Å². The molecule has 3 aromatic rings. The van der Waals surface area contributed by atoms with Gasteiger partial charge in [-0.05, 0) is 56.6 Å². The van der Waals surface area contributed by atoms with E-state index in [1.165, 1.54) is 17.4 Å². The highest BCUT2D eigenvalue weighted by molar-refractivity contribution is 5.94. The maximum absolute atomic E-state index is 15.3. The van der Waals surface area contributed by atoms with E-state index in [2.05, 4.69) is 30.6 Å². The molecule has 5 rings (SSSR count). The zero-order valence-electron chi connectivity index (χ0n) is 29.9. The number of primary amides is 1. The number of hydrogen-bond acceptors (Lipinski definition) is 8. The first-order chi connectivity index (χ1) is 25.2. The van der Waals surface area contributed by atoms with Gasteiger partial charge in [-0.2, -0.15) is 0 Å². The summed E-state index contributed by atoms with van der Waals surface area (Å²) in [7, 11) is 0. The molecule has 0 aliphatic heterocycles. The van der Waals surface area contributed by atoms with Crippen molar-refractivity contribution in [3.05, 3.63) is 72.3 Å². The van der Waals surface area contributed by atoms with E-state index >= 15 is 4.79 Å². The minimum atomic E-state index is -1.29. The average Bonchev–Trinajstić information content (AvgIpc) is 3.85. The fourth-order valence-corrected chi connectivity index (χ4v) is 7.49. The normalized spacial score (nSPS) is 18.0. The first kappa shape index (κ1) is 38.7. The fourth-order valence-electron chi connectivity index (χ4n) is 7.49. The number of aromatic nitrogens is 4. The molecule has 2 fully saturated rings. The van der Waals surface area contributed by atoms with Crippen molar-refractivity contribution in [2.45, 2.75) is 120 Å². The number of carbonyl (C=O) groups is 4. The Morgan fingerprint density at radius 3 is 2.33 bits per heavy atom. The van der Waals surface area contributed by atoms with E-state index in [4.69, 9.17) is 11.5 Å². The number of aromatic amines is 2. The van der Waals surface area contributed by atoms with Crippen LogP contribution in [0.4, 0.5) is 0 Å². The number of nitrogens with two attached hydrogens (primary N) is 2. The van der Waals surface area contributed by atoms with Crippen LogP contribution in [0.25, 0.3) is 0 Å². The molecule has 52 heavy (non-hydrogen) atoms. The number of aliphatic hydroxyl groups is 1. The topological polar surface area (TPSA) is 225 Å². The number of nitrogens with one attached hydrogen (secondary N) is 4. The van der Waals surface area contributed by atoms with E-state index in [9.17, 15) is 19.5 Å². The summed E-state index contributed by atoms with van der Waals surface area (Å²) in [6.45, 7) is 0.445. The first-order valence-electron chi connectivity index (χ1n) is 18.9. The number of amides is 4. The number of carbonyl (C=O) groups excluding carboxylic acids is 4. The van der Waals surface area contributed by atoms with Gasteiger partial charge < -0.3 is 42.1 Å². The molecule has 2 heterocycles. The lowest BCUT2D eigenvalue weighted by atomic mass is 9.82. The summed E-state index contributed by atoms with van der Waals surface area (Å²) in [5.41, 5.74) is 13.2. The quantitative estimate of drug-likeness (QED) is 0.0858. The standard InChI is InChI=1S/C38H55N9O5/c39-17-8-7-16-29(45-36(50)27-14-9-15-27)37(51)46-30(20-25-10-3-1-4-11-25)38(52)47(32(34(40)49)22-28-23-41-24-44-28)31(21-26-12-5-2-6-13-26)33(48)35-42-18-19-43-35/h1,3-4,10-11,18-19,23-24,26-27,29-33,48H,2,5-9,12-17,20-22,39H2,(H2,40,49)(H,41,44)(H,42,43)(H,45,50)(H,46,51)/t29-,30-,31-,32-,33+/m0/s1. The molecule has 0 saturated heterocycles. The molecular formula is C38H55N9O5. The van der Waals surface area contributed by atoms with Gasteiger partial charge in [-0.25, -0.2) is 9.97 Å². The van der Waals surface area contributed by atoms with Crippen molar-refractivity contribution in [1.82, 2.24) is 35.5 Å². The number of unbranched alkanes of at least 4 members (excludes halogenated alkanes) is 1. The number of imidazole rings is 2. The number of nitrogens with zero attached hydrogens (tertiary/aromatic N) is 3. The van der Waals surface area contributed by atoms with Crippen LogP contribution in [0.3, 0.4) is 0 Å². The second-order valence-corrected chi connectivity index (χ2v) is 14.4. The van der Waals surface area contributed by atoms with Crippen LogP contribution in [0.2, 0.25) is 0 Å². The largest absolute Gasteiger partial charge is 0.383 e. The van der Waals surface area contributed by atoms with Gasteiger partial charge in [0.25, 0.3) is 0 Å². The lowest BCUT2D eigenvalue weighted by molar-refractivity contribution is -0.149. The second kappa shape index (κ2) is 19.3. The second-order valence-electron chi connectivity index (χ2n) is 14.4. The molecule has 1 aromatic carbocycles. The predicted octanol–water partition coefficient (Wildman–Crippen LogP) is 2.57. The summed E-state index contributed by atoms with van der Waals surface area (Å²) in [4.78, 5) is 71.9. The highest BCUT2D eigenvalue weighted by Gasteiger charge is 2.43. The van der Waals surface area contributed by atoms with Gasteiger partial charge in [-0.15, -0.1) is 0 Å². The molecule has 2 aliphatic carbocycles. The van der Waals surface area contributed by atoms with E-state index in [1.54, 1.807) is 12.4 Å². The third-order valence-corrected chi connectivity index (χ3v) is 10.7. The molecule has 9 N–H and O–H groups in total. The maximum Gasteiger partial charge on any atom is 0.246 e. The van der Waals surface area contributed by atoms with Crippen molar-refractivity contribution in [2.24, 2.45) is 23.3 Å². The van der Waals surface area contributed by atoms with Gasteiger partial charge in [-0.3, -0.25) is 19.2 Å². The number of hydrogen-bond donors (Lipinski definition) is 7. The Bertz CT molecular complexity index is 1540. The Kier molecular flexibility index (Phi) is 14.4. The Labute approximate surface area is 305 Å². The van der Waals surface area contributed by atoms with Gasteiger partial charge in [-0.1, -0.05) is 68.9 Å². The van der Waals surface area contributed by atoms with E-state index in [-0.39, 0.29) is 36.4 Å². The lowest BCUT2D eigenvalue weighted by Gasteiger charge is -2.42. The molecule has 0 bridgehead atoms. The summed E-state index contributed by atoms with van der Waals surface area (Å²) in [5, 5.41) is 17.9. The van der Waals surface area contributed by atoms with Gasteiger partial charge in [0.1, 0.15) is 30.1 Å². The van der Waals surface area contributed by atoms with Crippen molar-refractivity contribution in [2.75, 3.05) is 6.54 Å². The van der Waals surface area contributed by atoms with Gasteiger partial charge in [0.05, 0.1) is 12.4 Å². The predicted molar refractivity (Wildman–Crippen MR) is 195 cm³/mol. The summed E-state index contributed by atoms with van der Waals surface area (Å²) >= 11 is 0. The molecule has 282 valence electrons. The van der Waals surface area contributed by atoms with Crippen molar-refractivity contribution >= 4 is 23.6 Å². The summed E-state index contributed by atoms with van der Waals surface area (Å²) in [6, 6.07) is 5.10. The molecule has 2 saturated carbocycles. The molecule has 2 aliphatic rings. The molecule has 2 aromatic heterocycles. The molecule has 14 nitrogen and oxygen atoms in total. The molecular weight excluding hydrogens is 662 g/mol. The number of benzene rings is 1. The van der Waals surface area contributed by atoms with E-state index in [0.717, 1.165) is 56.9 Å². The van der Waals surface area contributed by atoms with Crippen LogP contribution in [-0.4, -0.2) is 84.3 Å². The highest BCUT2D eigenvalue weighted by Crippen LogP contribution is 2.34. The van der Waals surface area contributed by atoms with Gasteiger partial charge in [0, 0.05) is 43.0 Å². The maximum atomic E-state index is 15.3. The summed E-state index contributed by atoms with van der Waals surface area (Å²) in [6.07, 6.45) is 14.5. The zero-order valence-corrected chi connectivity index (χ0v) is 29.9. The molecule has 0 radical (unpaired) electrons. The average molecular weight is 718 g/mol. The van der Waals surface area contributed by atoms with Crippen LogP contribution in [0.5, 0.6) is 0 Å². The molecule has 0 unspecified atom stereocenters. The minimum Gasteiger partial charge on any atom is -0.383 e. The van der Waals surface area contributed by atoms with E-state index in [0.29, 0.717) is 37.9 Å². The minimum absolute atomic E-state index is 0.0122. The molecule has 4 amide bonds. The third kappa shape index (κ3) is 10.5. The van der Waals surface area contributed by atoms with Gasteiger partial charge >= 0.3 is 0 Å². The van der Waals surface area contributed by atoms with Crippen molar-refractivity contribution < 1.29 is 24.3 Å². The van der Waals surface area contributed by atoms with E-state index in [1.807, 2.05) is 30.3 Å². The van der Waals surface area contributed by atoms with Crippen LogP contribution >= 0.6 is 0 Å². The van der Waals surface area contributed by atoms with Crippen LogP contribution in [0.15, 0.2) is 55.2 Å². The third-order valence-electron chi connectivity index (χ3n) is 10.7. The van der Waals surface area contributed by atoms with Crippen molar-refractivity contribution in [3.63, 3.8) is 0 Å². The van der Waals surface area contributed by atoms with Gasteiger partial charge in [0.2, 0.25) is 23.6 Å². The highest BCUT2D eigenvalue weighted by atomic mass is 16.3. The first-order valence-corrected chi connectivity index (χ1v) is 18.9. The van der Waals surface area contributed by atoms with Crippen LogP contribution in [0, 0.1) is 11.8 Å². The Hall–Kier alpha value is -4.56. The van der Waals surface area contributed by atoms with Crippen LogP contribution in [0.1, 0.15) is 100 Å². The summed E-state index contributed by atoms with van der Waals surface area (Å²) in [5.74, 6) is -1.71. The van der Waals surface area contributed by atoms with E-state index < -0.39 is 48.0 Å². The zero-order chi connectivity index (χ0) is 36.9.